The third-order valence-corrected chi connectivity index (χ3v) is 19.6. The maximum absolute atomic E-state index is 3.21. The normalized spacial score (nSPS) is 12.0. The first-order valence-corrected chi connectivity index (χ1v) is 26.2. The third-order valence-electron chi connectivity index (χ3n) is 14.8. The zero-order valence-electron chi connectivity index (χ0n) is 38.3. The lowest BCUT2D eigenvalue weighted by Gasteiger charge is -2.35. The zero-order chi connectivity index (χ0) is 46.2. The highest BCUT2D eigenvalue weighted by atomic mass is 28.3. The van der Waals surface area contributed by atoms with E-state index in [2.05, 4.69) is 287 Å². The standard InChI is InChI=1S/C66H45N3Si/c1-5-22-46(23-6-1)47-40-42-48(43-41-47)67-61-37-20-16-33-56(61)65-62(67)38-21-39-63(65)69-60-36-19-15-32-55(60)57-44-49(68-58-34-17-13-30-53(58)54-31-14-18-35-59(54)68)45-64(66(57)69)70(50-24-7-2-8-25-50,51-26-9-3-10-27-51)52-28-11-4-12-29-52/h1-45H. The first-order chi connectivity index (χ1) is 34.8. The molecule has 0 unspecified atom stereocenters. The minimum absolute atomic E-state index is 1.13. The molecular formula is C66H45N3Si. The first kappa shape index (κ1) is 40.1. The molecule has 0 amide bonds. The highest BCUT2D eigenvalue weighted by molar-refractivity contribution is 7.20. The minimum Gasteiger partial charge on any atom is -0.309 e. The second-order valence-corrected chi connectivity index (χ2v) is 22.2. The summed E-state index contributed by atoms with van der Waals surface area (Å²) < 4.78 is 7.59. The Morgan fingerprint density at radius 3 is 1.20 bits per heavy atom. The number of hydrogen-bond donors (Lipinski definition) is 0. The lowest BCUT2D eigenvalue weighted by molar-refractivity contribution is 1.17. The molecule has 0 fully saturated rings. The Labute approximate surface area is 407 Å². The van der Waals surface area contributed by atoms with Crippen LogP contribution in [0.15, 0.2) is 273 Å². The van der Waals surface area contributed by atoms with E-state index in [1.54, 1.807) is 0 Å². The van der Waals surface area contributed by atoms with Gasteiger partial charge in [0.05, 0.1) is 38.8 Å². The largest absolute Gasteiger partial charge is 0.309 e. The average molecular weight is 908 g/mol. The maximum Gasteiger partial charge on any atom is 0.181 e. The third kappa shape index (κ3) is 5.94. The summed E-state index contributed by atoms with van der Waals surface area (Å²) >= 11 is 0. The van der Waals surface area contributed by atoms with Crippen LogP contribution in [0.2, 0.25) is 0 Å². The fraction of sp³-hybridized carbons (Fsp3) is 0. The Morgan fingerprint density at radius 1 is 0.257 bits per heavy atom. The van der Waals surface area contributed by atoms with Crippen LogP contribution in [0.3, 0.4) is 0 Å². The molecule has 11 aromatic carbocycles. The van der Waals surface area contributed by atoms with Crippen molar-refractivity contribution in [2.75, 3.05) is 0 Å². The molecule has 0 aliphatic carbocycles. The average Bonchev–Trinajstić information content (AvgIpc) is 4.08. The van der Waals surface area contributed by atoms with Gasteiger partial charge in [-0.25, -0.2) is 0 Å². The Morgan fingerprint density at radius 2 is 0.657 bits per heavy atom. The molecule has 4 heteroatoms. The van der Waals surface area contributed by atoms with Gasteiger partial charge in [-0.15, -0.1) is 0 Å². The molecule has 14 rings (SSSR count). The van der Waals surface area contributed by atoms with Crippen molar-refractivity contribution in [3.63, 3.8) is 0 Å². The summed E-state index contributed by atoms with van der Waals surface area (Å²) in [5, 5.41) is 12.7. The van der Waals surface area contributed by atoms with E-state index < -0.39 is 8.07 Å². The van der Waals surface area contributed by atoms with Crippen LogP contribution in [0.4, 0.5) is 0 Å². The van der Waals surface area contributed by atoms with Gasteiger partial charge in [-0.2, -0.15) is 0 Å². The van der Waals surface area contributed by atoms with Crippen LogP contribution in [-0.2, 0) is 0 Å². The topological polar surface area (TPSA) is 14.8 Å². The van der Waals surface area contributed by atoms with Gasteiger partial charge in [-0.1, -0.05) is 212 Å². The van der Waals surface area contributed by atoms with Gasteiger partial charge >= 0.3 is 0 Å². The number of nitrogens with zero attached hydrogens (tertiary/aromatic N) is 3. The molecule has 0 bridgehead atoms. The highest BCUT2D eigenvalue weighted by Crippen LogP contribution is 2.42. The summed E-state index contributed by atoms with van der Waals surface area (Å²) in [5.74, 6) is 0. The smallest absolute Gasteiger partial charge is 0.181 e. The monoisotopic (exact) mass is 907 g/mol. The predicted octanol–water partition coefficient (Wildman–Crippen LogP) is 14.0. The summed E-state index contributed by atoms with van der Waals surface area (Å²) in [4.78, 5) is 0. The second kappa shape index (κ2) is 16.1. The summed E-state index contributed by atoms with van der Waals surface area (Å²) in [5.41, 5.74) is 13.0. The van der Waals surface area contributed by atoms with E-state index >= 15 is 0 Å². The molecule has 14 aromatic rings. The molecule has 328 valence electrons. The van der Waals surface area contributed by atoms with Crippen molar-refractivity contribution in [3.8, 4) is 28.2 Å². The fourth-order valence-corrected chi connectivity index (χ4v) is 16.9. The molecule has 3 heterocycles. The number of benzene rings is 11. The summed E-state index contributed by atoms with van der Waals surface area (Å²) in [6.45, 7) is 0. The Bertz CT molecular complexity index is 4110. The van der Waals surface area contributed by atoms with E-state index in [0.717, 1.165) is 17.1 Å². The quantitative estimate of drug-likeness (QED) is 0.107. The summed E-state index contributed by atoms with van der Waals surface area (Å²) in [6, 6.07) is 102. The van der Waals surface area contributed by atoms with Gasteiger partial charge in [0.15, 0.2) is 8.07 Å². The Kier molecular flexibility index (Phi) is 9.23. The van der Waals surface area contributed by atoms with E-state index in [1.807, 2.05) is 0 Å². The maximum atomic E-state index is 2.63. The van der Waals surface area contributed by atoms with Crippen LogP contribution in [0.5, 0.6) is 0 Å². The molecule has 0 N–H and O–H groups in total. The van der Waals surface area contributed by atoms with Crippen LogP contribution in [0.1, 0.15) is 0 Å². The van der Waals surface area contributed by atoms with E-state index in [4.69, 9.17) is 0 Å². The van der Waals surface area contributed by atoms with E-state index in [-0.39, 0.29) is 0 Å². The molecular weight excluding hydrogens is 863 g/mol. The summed E-state index contributed by atoms with van der Waals surface area (Å²) in [6.07, 6.45) is 0. The lowest BCUT2D eigenvalue weighted by Crippen LogP contribution is -2.75. The second-order valence-electron chi connectivity index (χ2n) is 18.4. The fourth-order valence-electron chi connectivity index (χ4n) is 11.9. The number of para-hydroxylation sites is 4. The number of hydrogen-bond acceptors (Lipinski definition) is 0. The van der Waals surface area contributed by atoms with E-state index in [1.165, 1.54) is 97.3 Å². The van der Waals surface area contributed by atoms with Gasteiger partial charge in [0, 0.05) is 43.7 Å². The molecule has 0 saturated carbocycles. The van der Waals surface area contributed by atoms with Crippen LogP contribution in [0.25, 0.3) is 93.6 Å². The van der Waals surface area contributed by atoms with Gasteiger partial charge in [-0.3, -0.25) is 0 Å². The minimum atomic E-state index is -3.21. The van der Waals surface area contributed by atoms with Crippen LogP contribution in [0, 0.1) is 0 Å². The van der Waals surface area contributed by atoms with Crippen molar-refractivity contribution in [2.24, 2.45) is 0 Å². The van der Waals surface area contributed by atoms with Crippen molar-refractivity contribution >= 4 is 94.2 Å². The molecule has 0 saturated heterocycles. The molecule has 0 aliphatic heterocycles. The van der Waals surface area contributed by atoms with Crippen molar-refractivity contribution in [1.29, 1.82) is 0 Å². The number of fused-ring (bicyclic) bond motifs is 9. The van der Waals surface area contributed by atoms with Gasteiger partial charge in [0.1, 0.15) is 0 Å². The SMILES string of the molecule is c1ccc(-c2ccc(-n3c4ccccc4c4c(-n5c6ccccc6c6cc(-n7c8ccccc8c8ccccc87)cc([Si](c7ccccc7)(c7ccccc7)c7ccccc7)c65)cccc43)cc2)cc1. The zero-order valence-corrected chi connectivity index (χ0v) is 39.3. The van der Waals surface area contributed by atoms with Crippen molar-refractivity contribution in [3.05, 3.63) is 273 Å². The Hall–Kier alpha value is -8.96. The molecule has 0 aliphatic rings. The van der Waals surface area contributed by atoms with Gasteiger partial charge in [-0.05, 0) is 92.5 Å². The van der Waals surface area contributed by atoms with Crippen LogP contribution >= 0.6 is 0 Å². The molecule has 3 nitrogen and oxygen atoms in total. The van der Waals surface area contributed by atoms with Gasteiger partial charge in [0.25, 0.3) is 0 Å². The molecule has 70 heavy (non-hydrogen) atoms. The molecule has 3 aromatic heterocycles. The van der Waals surface area contributed by atoms with Gasteiger partial charge in [0.2, 0.25) is 0 Å². The van der Waals surface area contributed by atoms with Crippen LogP contribution < -0.4 is 20.7 Å². The highest BCUT2D eigenvalue weighted by Gasteiger charge is 2.44. The van der Waals surface area contributed by atoms with E-state index in [0.29, 0.717) is 0 Å². The predicted molar refractivity (Wildman–Crippen MR) is 299 cm³/mol. The summed E-state index contributed by atoms with van der Waals surface area (Å²) in [7, 11) is -3.21. The van der Waals surface area contributed by atoms with Crippen molar-refractivity contribution in [1.82, 2.24) is 13.7 Å². The Balaban J connectivity index is 1.16. The lowest BCUT2D eigenvalue weighted by atomic mass is 10.1. The molecule has 0 atom stereocenters. The van der Waals surface area contributed by atoms with Crippen LogP contribution in [-0.4, -0.2) is 21.8 Å². The molecule has 0 spiro atoms. The van der Waals surface area contributed by atoms with Crippen molar-refractivity contribution in [2.45, 2.75) is 0 Å². The van der Waals surface area contributed by atoms with Gasteiger partial charge < -0.3 is 13.7 Å². The van der Waals surface area contributed by atoms with E-state index in [9.17, 15) is 0 Å². The number of rotatable bonds is 8. The molecule has 0 radical (unpaired) electrons. The first-order valence-electron chi connectivity index (χ1n) is 24.2. The van der Waals surface area contributed by atoms with Crippen molar-refractivity contribution < 1.29 is 0 Å². The number of aromatic nitrogens is 3.